The number of methoxy groups -OCH3 is 2. The van der Waals surface area contributed by atoms with Gasteiger partial charge in [-0.25, -0.2) is 0 Å². The largest absolute Gasteiger partial charge is 0.493 e. The van der Waals surface area contributed by atoms with Crippen molar-refractivity contribution in [2.45, 2.75) is 31.8 Å². The summed E-state index contributed by atoms with van der Waals surface area (Å²) in [5, 5.41) is 7.76. The van der Waals surface area contributed by atoms with E-state index >= 15 is 0 Å². The van der Waals surface area contributed by atoms with E-state index in [4.69, 9.17) is 9.47 Å². The Balaban J connectivity index is 0.00000280. The van der Waals surface area contributed by atoms with Gasteiger partial charge in [0.1, 0.15) is 5.54 Å². The van der Waals surface area contributed by atoms with Crippen LogP contribution >= 0.6 is 12.4 Å². The van der Waals surface area contributed by atoms with Crippen molar-refractivity contribution in [3.05, 3.63) is 42.2 Å². The van der Waals surface area contributed by atoms with E-state index < -0.39 is 5.54 Å². The zero-order valence-corrected chi connectivity index (χ0v) is 17.5. The zero-order chi connectivity index (χ0) is 19.3. The molecule has 0 saturated carbocycles. The highest BCUT2D eigenvalue weighted by molar-refractivity contribution is 5.85. The van der Waals surface area contributed by atoms with Crippen molar-refractivity contribution in [3.8, 4) is 11.5 Å². The minimum Gasteiger partial charge on any atom is -0.493 e. The Hall–Kier alpha value is -2.25. The lowest BCUT2D eigenvalue weighted by Crippen LogP contribution is -2.55. The molecule has 1 aromatic carbocycles. The molecule has 0 bridgehead atoms. The number of halogens is 1. The maximum Gasteiger partial charge on any atom is 0.250 e. The Labute approximate surface area is 172 Å². The number of nitrogens with zero attached hydrogens (tertiary/aromatic N) is 3. The van der Waals surface area contributed by atoms with Gasteiger partial charge < -0.3 is 19.7 Å². The first kappa shape index (κ1) is 22.0. The van der Waals surface area contributed by atoms with E-state index in [1.165, 1.54) is 0 Å². The Bertz CT molecular complexity index is 761. The first-order chi connectivity index (χ1) is 13.1. The van der Waals surface area contributed by atoms with Crippen LogP contribution in [0.15, 0.2) is 36.7 Å². The topological polar surface area (TPSA) is 68.6 Å². The highest BCUT2D eigenvalue weighted by Gasteiger charge is 2.44. The molecule has 7 nitrogen and oxygen atoms in total. The van der Waals surface area contributed by atoms with E-state index in [0.29, 0.717) is 24.6 Å². The molecule has 3 rings (SSSR count). The van der Waals surface area contributed by atoms with Crippen molar-refractivity contribution in [3.63, 3.8) is 0 Å². The average molecular weight is 409 g/mol. The van der Waals surface area contributed by atoms with Gasteiger partial charge in [0.2, 0.25) is 0 Å². The third-order valence-electron chi connectivity index (χ3n) is 5.26. The van der Waals surface area contributed by atoms with E-state index in [2.05, 4.69) is 10.4 Å². The number of carbonyl (C=O) groups excluding carboxylic acids is 1. The van der Waals surface area contributed by atoms with Crippen LogP contribution in [-0.4, -0.2) is 54.4 Å². The van der Waals surface area contributed by atoms with Crippen molar-refractivity contribution < 1.29 is 14.3 Å². The first-order valence-electron chi connectivity index (χ1n) is 9.35. The van der Waals surface area contributed by atoms with Gasteiger partial charge in [-0.05, 0) is 56.6 Å². The molecule has 28 heavy (non-hydrogen) atoms. The lowest BCUT2D eigenvalue weighted by atomic mass is 9.86. The Morgan fingerprint density at radius 3 is 2.54 bits per heavy atom. The standard InChI is InChI=1S/C20H28N4O3.ClH/c1-4-23(15-16-6-7-17(26-2)18(14-16)27-3)19(25)20(8-11-21-12-9-20)24-13-5-10-22-24;/h5-7,10,13-14,21H,4,8-9,11-12,15H2,1-3H3;1H. The molecular formula is C20H29ClN4O3. The van der Waals surface area contributed by atoms with E-state index in [0.717, 1.165) is 31.5 Å². The third-order valence-corrected chi connectivity index (χ3v) is 5.26. The summed E-state index contributed by atoms with van der Waals surface area (Å²) in [5.41, 5.74) is 0.383. The van der Waals surface area contributed by atoms with E-state index in [1.54, 1.807) is 20.4 Å². The maximum absolute atomic E-state index is 13.6. The SMILES string of the molecule is CCN(Cc1ccc(OC)c(OC)c1)C(=O)C1(n2cccn2)CCNCC1.Cl. The Kier molecular flexibility index (Phi) is 7.71. The number of carbonyl (C=O) groups is 1. The molecule has 1 aliphatic rings. The van der Waals surface area contributed by atoms with Gasteiger partial charge in [0.25, 0.3) is 5.91 Å². The molecule has 0 spiro atoms. The number of hydrogen-bond acceptors (Lipinski definition) is 5. The number of ether oxygens (including phenoxy) is 2. The van der Waals surface area contributed by atoms with Gasteiger partial charge in [0, 0.05) is 25.5 Å². The van der Waals surface area contributed by atoms with Gasteiger partial charge in [-0.2, -0.15) is 5.10 Å². The maximum atomic E-state index is 13.6. The van der Waals surface area contributed by atoms with Crippen LogP contribution in [0.2, 0.25) is 0 Å². The average Bonchev–Trinajstić information content (AvgIpc) is 3.27. The molecule has 8 heteroatoms. The summed E-state index contributed by atoms with van der Waals surface area (Å²) in [7, 11) is 3.23. The van der Waals surface area contributed by atoms with Gasteiger partial charge in [-0.1, -0.05) is 6.07 Å². The van der Waals surface area contributed by atoms with Crippen LogP contribution in [0, 0.1) is 0 Å². The lowest BCUT2D eigenvalue weighted by Gasteiger charge is -2.40. The molecule has 1 aromatic heterocycles. The highest BCUT2D eigenvalue weighted by atomic mass is 35.5. The zero-order valence-electron chi connectivity index (χ0n) is 16.7. The van der Waals surface area contributed by atoms with Crippen LogP contribution in [0.3, 0.4) is 0 Å². The number of aromatic nitrogens is 2. The van der Waals surface area contributed by atoms with Crippen molar-refractivity contribution in [1.29, 1.82) is 0 Å². The molecule has 0 unspecified atom stereocenters. The molecule has 0 atom stereocenters. The minimum absolute atomic E-state index is 0. The number of piperidine rings is 1. The second-order valence-electron chi connectivity index (χ2n) is 6.74. The molecule has 1 amide bonds. The molecule has 1 N–H and O–H groups in total. The van der Waals surface area contributed by atoms with E-state index in [9.17, 15) is 4.79 Å². The number of likely N-dealkylation sites (N-methyl/N-ethyl adjacent to an activating group) is 1. The van der Waals surface area contributed by atoms with Crippen molar-refractivity contribution in [2.75, 3.05) is 33.9 Å². The minimum atomic E-state index is -0.624. The van der Waals surface area contributed by atoms with Crippen LogP contribution in [0.5, 0.6) is 11.5 Å². The predicted molar refractivity (Wildman–Crippen MR) is 110 cm³/mol. The monoisotopic (exact) mass is 408 g/mol. The van der Waals surface area contributed by atoms with Gasteiger partial charge in [-0.15, -0.1) is 12.4 Å². The normalized spacial score (nSPS) is 15.4. The number of rotatable bonds is 7. The van der Waals surface area contributed by atoms with Gasteiger partial charge >= 0.3 is 0 Å². The summed E-state index contributed by atoms with van der Waals surface area (Å²) >= 11 is 0. The molecule has 2 heterocycles. The fourth-order valence-corrected chi connectivity index (χ4v) is 3.72. The van der Waals surface area contributed by atoms with Gasteiger partial charge in [0.05, 0.1) is 14.2 Å². The van der Waals surface area contributed by atoms with Crippen molar-refractivity contribution in [1.82, 2.24) is 20.0 Å². The molecule has 154 valence electrons. The summed E-state index contributed by atoms with van der Waals surface area (Å²) < 4.78 is 12.5. The molecule has 0 aliphatic carbocycles. The lowest BCUT2D eigenvalue weighted by molar-refractivity contribution is -0.143. The number of nitrogens with one attached hydrogen (secondary N) is 1. The van der Waals surface area contributed by atoms with Crippen molar-refractivity contribution in [2.24, 2.45) is 0 Å². The summed E-state index contributed by atoms with van der Waals surface area (Å²) in [6.07, 6.45) is 5.10. The number of amides is 1. The highest BCUT2D eigenvalue weighted by Crippen LogP contribution is 2.31. The summed E-state index contributed by atoms with van der Waals surface area (Å²) in [6.45, 7) is 4.77. The van der Waals surface area contributed by atoms with Gasteiger partial charge in [0.15, 0.2) is 11.5 Å². The second-order valence-corrected chi connectivity index (χ2v) is 6.74. The molecular weight excluding hydrogens is 380 g/mol. The second kappa shape index (κ2) is 9.80. The fourth-order valence-electron chi connectivity index (χ4n) is 3.72. The molecule has 1 aliphatic heterocycles. The molecule has 1 saturated heterocycles. The molecule has 2 aromatic rings. The van der Waals surface area contributed by atoms with E-state index in [1.807, 2.05) is 47.0 Å². The van der Waals surface area contributed by atoms with Crippen LogP contribution in [0.4, 0.5) is 0 Å². The summed E-state index contributed by atoms with van der Waals surface area (Å²) in [6, 6.07) is 7.65. The number of hydrogen-bond donors (Lipinski definition) is 1. The molecule has 0 radical (unpaired) electrons. The van der Waals surface area contributed by atoms with Crippen LogP contribution in [0.1, 0.15) is 25.3 Å². The van der Waals surface area contributed by atoms with Crippen molar-refractivity contribution >= 4 is 18.3 Å². The Morgan fingerprint density at radius 2 is 1.96 bits per heavy atom. The predicted octanol–water partition coefficient (Wildman–Crippen LogP) is 2.45. The third kappa shape index (κ3) is 4.25. The first-order valence-corrected chi connectivity index (χ1v) is 9.35. The van der Waals surface area contributed by atoms with Crippen LogP contribution < -0.4 is 14.8 Å². The van der Waals surface area contributed by atoms with Gasteiger partial charge in [-0.3, -0.25) is 9.48 Å². The summed E-state index contributed by atoms with van der Waals surface area (Å²) in [4.78, 5) is 15.5. The smallest absolute Gasteiger partial charge is 0.250 e. The van der Waals surface area contributed by atoms with E-state index in [-0.39, 0.29) is 18.3 Å². The fraction of sp³-hybridized carbons (Fsp3) is 0.500. The Morgan fingerprint density at radius 1 is 1.25 bits per heavy atom. The van der Waals surface area contributed by atoms with Crippen LogP contribution in [-0.2, 0) is 16.9 Å². The number of benzene rings is 1. The summed E-state index contributed by atoms with van der Waals surface area (Å²) in [5.74, 6) is 1.47. The molecule has 1 fully saturated rings. The van der Waals surface area contributed by atoms with Crippen LogP contribution in [0.25, 0.3) is 0 Å². The quantitative estimate of drug-likeness (QED) is 0.762.